The summed E-state index contributed by atoms with van der Waals surface area (Å²) in [7, 11) is 1.30. The molecule has 10 heteroatoms. The molecule has 0 amide bonds. The van der Waals surface area contributed by atoms with Crippen molar-refractivity contribution in [2.24, 2.45) is 5.16 Å². The summed E-state index contributed by atoms with van der Waals surface area (Å²) < 4.78 is 6.65. The number of para-hydroxylation sites is 1. The van der Waals surface area contributed by atoms with Crippen molar-refractivity contribution < 1.29 is 14.4 Å². The van der Waals surface area contributed by atoms with Gasteiger partial charge in [-0.15, -0.1) is 0 Å². The van der Waals surface area contributed by atoms with Gasteiger partial charge in [0.05, 0.1) is 24.6 Å². The van der Waals surface area contributed by atoms with E-state index in [1.807, 2.05) is 42.5 Å². The van der Waals surface area contributed by atoms with Crippen LogP contribution in [0.5, 0.6) is 0 Å². The van der Waals surface area contributed by atoms with Crippen LogP contribution in [0.1, 0.15) is 21.6 Å². The van der Waals surface area contributed by atoms with Gasteiger partial charge < -0.3 is 9.57 Å². The lowest BCUT2D eigenvalue weighted by Gasteiger charge is -2.08. The molecule has 0 aliphatic heterocycles. The van der Waals surface area contributed by atoms with Gasteiger partial charge in [-0.05, 0) is 48.5 Å². The lowest BCUT2D eigenvalue weighted by molar-refractivity contribution is 0.0593. The molecule has 0 saturated heterocycles. The van der Waals surface area contributed by atoms with Crippen LogP contribution in [0.25, 0.3) is 5.69 Å². The van der Waals surface area contributed by atoms with E-state index in [9.17, 15) is 4.79 Å². The highest BCUT2D eigenvalue weighted by Crippen LogP contribution is 2.34. The van der Waals surface area contributed by atoms with Gasteiger partial charge in [-0.2, -0.15) is 5.10 Å². The fraction of sp³-hybridized carbons (Fsp3) is 0.0800. The highest BCUT2D eigenvalue weighted by Gasteiger charge is 2.24. The van der Waals surface area contributed by atoms with Gasteiger partial charge in [0.1, 0.15) is 11.6 Å². The molecule has 4 aromatic rings. The Morgan fingerprint density at radius 1 is 1.03 bits per heavy atom. The number of methoxy groups -OCH3 is 1. The maximum atomic E-state index is 12.6. The van der Waals surface area contributed by atoms with Crippen LogP contribution in [0.15, 0.2) is 87.9 Å². The Labute approximate surface area is 221 Å². The van der Waals surface area contributed by atoms with Crippen molar-refractivity contribution in [2.75, 3.05) is 7.11 Å². The van der Waals surface area contributed by atoms with Crippen LogP contribution in [0.3, 0.4) is 0 Å². The smallest absolute Gasteiger partial charge is 0.359 e. The summed E-state index contributed by atoms with van der Waals surface area (Å²) in [5.74, 6) is -0.597. The second kappa shape index (κ2) is 11.6. The van der Waals surface area contributed by atoms with Crippen molar-refractivity contribution in [3.05, 3.63) is 105 Å². The van der Waals surface area contributed by atoms with Gasteiger partial charge in [-0.25, -0.2) is 9.48 Å². The van der Waals surface area contributed by atoms with E-state index < -0.39 is 5.97 Å². The van der Waals surface area contributed by atoms with Crippen LogP contribution in [0.2, 0.25) is 15.1 Å². The topological polar surface area (TPSA) is 65.7 Å². The Morgan fingerprint density at radius 3 is 2.43 bits per heavy atom. The Bertz CT molecular complexity index is 1360. The molecule has 6 nitrogen and oxygen atoms in total. The van der Waals surface area contributed by atoms with Crippen molar-refractivity contribution in [3.8, 4) is 5.69 Å². The monoisotopic (exact) mass is 545 g/mol. The molecule has 0 radical (unpaired) electrons. The largest absolute Gasteiger partial charge is 0.464 e. The van der Waals surface area contributed by atoms with Crippen molar-refractivity contribution in [3.63, 3.8) is 0 Å². The molecule has 0 N–H and O–H groups in total. The van der Waals surface area contributed by atoms with Crippen molar-refractivity contribution >= 4 is 58.7 Å². The molecule has 0 bridgehead atoms. The van der Waals surface area contributed by atoms with E-state index in [0.29, 0.717) is 25.7 Å². The summed E-state index contributed by atoms with van der Waals surface area (Å²) in [5.41, 5.74) is 2.03. The summed E-state index contributed by atoms with van der Waals surface area (Å²) in [6, 6.07) is 21.9. The molecule has 0 saturated carbocycles. The molecule has 4 rings (SSSR count). The minimum absolute atomic E-state index is 0.102. The number of aromatic nitrogens is 2. The number of benzene rings is 3. The van der Waals surface area contributed by atoms with Crippen LogP contribution >= 0.6 is 46.6 Å². The van der Waals surface area contributed by atoms with Crippen LogP contribution in [-0.4, -0.2) is 29.1 Å². The van der Waals surface area contributed by atoms with E-state index >= 15 is 0 Å². The average molecular weight is 547 g/mol. The van der Waals surface area contributed by atoms with Crippen molar-refractivity contribution in [1.29, 1.82) is 0 Å². The molecule has 0 atom stereocenters. The third-order valence-electron chi connectivity index (χ3n) is 4.78. The van der Waals surface area contributed by atoms with E-state index in [1.165, 1.54) is 25.1 Å². The van der Waals surface area contributed by atoms with Crippen molar-refractivity contribution in [2.45, 2.75) is 16.5 Å². The summed E-state index contributed by atoms with van der Waals surface area (Å²) >= 11 is 19.6. The summed E-state index contributed by atoms with van der Waals surface area (Å²) in [6.07, 6.45) is 1.45. The molecule has 0 aliphatic carbocycles. The summed E-state index contributed by atoms with van der Waals surface area (Å²) in [5, 5.41) is 10.9. The van der Waals surface area contributed by atoms with Crippen molar-refractivity contribution in [1.82, 2.24) is 9.78 Å². The van der Waals surface area contributed by atoms with Gasteiger partial charge in [-0.3, -0.25) is 0 Å². The van der Waals surface area contributed by atoms with E-state index in [1.54, 1.807) is 35.0 Å². The van der Waals surface area contributed by atoms with Crippen LogP contribution in [-0.2, 0) is 16.2 Å². The fourth-order valence-electron chi connectivity index (χ4n) is 3.07. The zero-order valence-electron chi connectivity index (χ0n) is 18.3. The first-order valence-corrected chi connectivity index (χ1v) is 12.2. The third kappa shape index (κ3) is 6.18. The molecule has 1 heterocycles. The molecule has 0 unspecified atom stereocenters. The molecular weight excluding hydrogens is 529 g/mol. The Morgan fingerprint density at radius 2 is 1.74 bits per heavy atom. The van der Waals surface area contributed by atoms with Gasteiger partial charge in [0.2, 0.25) is 0 Å². The predicted molar refractivity (Wildman–Crippen MR) is 139 cm³/mol. The lowest BCUT2D eigenvalue weighted by atomic mass is 10.2. The maximum Gasteiger partial charge on any atom is 0.359 e. The van der Waals surface area contributed by atoms with E-state index in [4.69, 9.17) is 44.4 Å². The number of esters is 1. The Balaban J connectivity index is 1.72. The first-order chi connectivity index (χ1) is 17.0. The zero-order valence-corrected chi connectivity index (χ0v) is 21.4. The second-order valence-corrected chi connectivity index (χ2v) is 9.45. The molecule has 0 spiro atoms. The minimum Gasteiger partial charge on any atom is -0.464 e. The molecule has 0 aliphatic rings. The number of rotatable bonds is 8. The predicted octanol–water partition coefficient (Wildman–Crippen LogP) is 7.32. The second-order valence-electron chi connectivity index (χ2n) is 7.11. The quantitative estimate of drug-likeness (QED) is 0.132. The number of hydrogen-bond acceptors (Lipinski definition) is 6. The molecule has 3 aromatic carbocycles. The fourth-order valence-corrected chi connectivity index (χ4v) is 4.65. The van der Waals surface area contributed by atoms with E-state index in [-0.39, 0.29) is 12.3 Å². The maximum absolute atomic E-state index is 12.6. The first-order valence-electron chi connectivity index (χ1n) is 10.3. The Kier molecular flexibility index (Phi) is 8.36. The van der Waals surface area contributed by atoms with Gasteiger partial charge in [0.15, 0.2) is 5.69 Å². The number of oxime groups is 1. The molecule has 1 aromatic heterocycles. The van der Waals surface area contributed by atoms with E-state index in [2.05, 4.69) is 10.3 Å². The average Bonchev–Trinajstić information content (AvgIpc) is 3.22. The standard InChI is InChI=1S/C25H18Cl3N3O3S/c1-33-25(32)23-21(14-29-34-15-16-7-8-18(27)13-22(16)28)24(35-20-11-9-17(26)10-12-20)31(30-23)19-5-3-2-4-6-19/h2-14H,15H2,1H3/b29-14-. The van der Waals surface area contributed by atoms with Crippen LogP contribution in [0.4, 0.5) is 0 Å². The minimum atomic E-state index is -0.597. The number of carbonyl (C=O) groups excluding carboxylic acids is 1. The number of carbonyl (C=O) groups is 1. The molecule has 178 valence electrons. The van der Waals surface area contributed by atoms with Crippen LogP contribution in [0, 0.1) is 0 Å². The molecular formula is C25H18Cl3N3O3S. The number of nitrogens with zero attached hydrogens (tertiary/aromatic N) is 3. The first kappa shape index (κ1) is 25.1. The van der Waals surface area contributed by atoms with Gasteiger partial charge in [0.25, 0.3) is 0 Å². The van der Waals surface area contributed by atoms with Gasteiger partial charge >= 0.3 is 5.97 Å². The Hall–Kier alpha value is -2.97. The van der Waals surface area contributed by atoms with Gasteiger partial charge in [-0.1, -0.05) is 76.0 Å². The summed E-state index contributed by atoms with van der Waals surface area (Å²) in [4.78, 5) is 19.0. The molecule has 35 heavy (non-hydrogen) atoms. The zero-order chi connectivity index (χ0) is 24.8. The number of halogens is 3. The molecule has 0 fully saturated rings. The normalized spacial score (nSPS) is 11.1. The van der Waals surface area contributed by atoms with E-state index in [0.717, 1.165) is 16.1 Å². The van der Waals surface area contributed by atoms with Crippen LogP contribution < -0.4 is 0 Å². The summed E-state index contributed by atoms with van der Waals surface area (Å²) in [6.45, 7) is 0.118. The van der Waals surface area contributed by atoms with Gasteiger partial charge in [0, 0.05) is 25.5 Å². The number of hydrogen-bond donors (Lipinski definition) is 0. The third-order valence-corrected chi connectivity index (χ3v) is 6.71. The number of ether oxygens (including phenoxy) is 1. The SMILES string of the molecule is COC(=O)c1nn(-c2ccccc2)c(Sc2ccc(Cl)cc2)c1/C=N\OCc1ccc(Cl)cc1Cl. The highest BCUT2D eigenvalue weighted by molar-refractivity contribution is 7.99. The lowest BCUT2D eigenvalue weighted by Crippen LogP contribution is -2.06. The highest BCUT2D eigenvalue weighted by atomic mass is 35.5.